The van der Waals surface area contributed by atoms with Crippen molar-refractivity contribution in [2.75, 3.05) is 0 Å². The number of hydrogen-bond donors (Lipinski definition) is 0. The molecule has 9 aromatic carbocycles. The Balaban J connectivity index is 1.15. The van der Waals surface area contributed by atoms with E-state index < -0.39 is 0 Å². The lowest BCUT2D eigenvalue weighted by molar-refractivity contribution is 0.660. The summed E-state index contributed by atoms with van der Waals surface area (Å²) >= 11 is 0. The van der Waals surface area contributed by atoms with Crippen LogP contribution in [-0.2, 0) is 10.8 Å². The van der Waals surface area contributed by atoms with Crippen molar-refractivity contribution < 1.29 is 0 Å². The Hall–Kier alpha value is -6.50. The molecule has 0 spiro atoms. The molecule has 2 aliphatic carbocycles. The monoisotopic (exact) mass is 714 g/mol. The largest absolute Gasteiger partial charge is 0.0622 e. The van der Waals surface area contributed by atoms with Crippen molar-refractivity contribution in [3.8, 4) is 66.8 Å². The van der Waals surface area contributed by atoms with E-state index >= 15 is 0 Å². The van der Waals surface area contributed by atoms with Gasteiger partial charge in [-0.15, -0.1) is 0 Å². The van der Waals surface area contributed by atoms with Crippen LogP contribution in [0.4, 0.5) is 0 Å². The van der Waals surface area contributed by atoms with E-state index in [1.165, 1.54) is 111 Å². The second-order valence-corrected chi connectivity index (χ2v) is 16.9. The molecule has 0 aliphatic heterocycles. The molecule has 9 aromatic rings. The third-order valence-electron chi connectivity index (χ3n) is 13.1. The van der Waals surface area contributed by atoms with E-state index in [0.717, 1.165) is 0 Å². The maximum atomic E-state index is 2.45. The van der Waals surface area contributed by atoms with Gasteiger partial charge in [0.05, 0.1) is 0 Å². The fourth-order valence-electron chi connectivity index (χ4n) is 10.2. The summed E-state index contributed by atoms with van der Waals surface area (Å²) < 4.78 is 0. The van der Waals surface area contributed by atoms with Crippen molar-refractivity contribution in [2.24, 2.45) is 0 Å². The molecule has 0 heterocycles. The molecule has 0 fully saturated rings. The quantitative estimate of drug-likeness (QED) is 0.159. The standard InChI is InChI=1S/C56H42/c1-55(2)49-21-13-11-19-41(49)43-27-23-39(33-51(43)55)37-25-29-45-47(31-37)53(35-15-7-5-8-16-35)46-30-26-38(32-48(46)54(45)36-17-9-6-10-18-36)40-24-28-44-42-20-12-14-22-50(42)56(3,4)52(44)34-40/h5-34H,1-4H3. The molecule has 0 N–H and O–H groups in total. The average Bonchev–Trinajstić information content (AvgIpc) is 3.62. The van der Waals surface area contributed by atoms with Crippen LogP contribution in [0.25, 0.3) is 88.3 Å². The molecule has 0 aromatic heterocycles. The van der Waals surface area contributed by atoms with E-state index in [-0.39, 0.29) is 10.8 Å². The van der Waals surface area contributed by atoms with Crippen LogP contribution in [0.3, 0.4) is 0 Å². The van der Waals surface area contributed by atoms with Gasteiger partial charge < -0.3 is 0 Å². The van der Waals surface area contributed by atoms with Crippen LogP contribution >= 0.6 is 0 Å². The zero-order valence-corrected chi connectivity index (χ0v) is 32.3. The second kappa shape index (κ2) is 12.0. The van der Waals surface area contributed by atoms with Gasteiger partial charge in [0, 0.05) is 10.8 Å². The van der Waals surface area contributed by atoms with E-state index in [1.54, 1.807) is 0 Å². The first-order valence-electron chi connectivity index (χ1n) is 19.9. The molecule has 266 valence electrons. The number of hydrogen-bond acceptors (Lipinski definition) is 0. The fraction of sp³-hybridized carbons (Fsp3) is 0.107. The van der Waals surface area contributed by atoms with E-state index in [4.69, 9.17) is 0 Å². The SMILES string of the molecule is CC1(C)c2ccccc2-c2ccc(-c3ccc4c(-c5ccccc5)c5cc(-c6ccc7c(c6)C(C)(C)c6ccccc6-7)ccc5c(-c5ccccc5)c4c3)cc21. The van der Waals surface area contributed by atoms with Crippen LogP contribution < -0.4 is 0 Å². The first-order chi connectivity index (χ1) is 27.3. The molecular weight excluding hydrogens is 673 g/mol. The summed E-state index contributed by atoms with van der Waals surface area (Å²) in [6.45, 7) is 9.46. The zero-order valence-electron chi connectivity index (χ0n) is 32.3. The van der Waals surface area contributed by atoms with Gasteiger partial charge in [-0.1, -0.05) is 185 Å². The van der Waals surface area contributed by atoms with Gasteiger partial charge in [0.1, 0.15) is 0 Å². The van der Waals surface area contributed by atoms with Crippen LogP contribution in [0, 0.1) is 0 Å². The van der Waals surface area contributed by atoms with Crippen LogP contribution in [0.2, 0.25) is 0 Å². The summed E-state index contributed by atoms with van der Waals surface area (Å²) in [5.74, 6) is 0. The maximum absolute atomic E-state index is 2.45. The molecule has 0 amide bonds. The highest BCUT2D eigenvalue weighted by molar-refractivity contribution is 6.22. The molecule has 0 radical (unpaired) electrons. The molecule has 0 atom stereocenters. The van der Waals surface area contributed by atoms with Crippen LogP contribution in [0.15, 0.2) is 182 Å². The Morgan fingerprint density at radius 2 is 0.589 bits per heavy atom. The number of fused-ring (bicyclic) bond motifs is 8. The van der Waals surface area contributed by atoms with Gasteiger partial charge in [0.25, 0.3) is 0 Å². The lowest BCUT2D eigenvalue weighted by Crippen LogP contribution is -2.14. The van der Waals surface area contributed by atoms with Gasteiger partial charge in [-0.25, -0.2) is 0 Å². The first kappa shape index (κ1) is 32.9. The molecule has 2 aliphatic rings. The minimum absolute atomic E-state index is 0.0546. The number of benzene rings is 9. The highest BCUT2D eigenvalue weighted by Gasteiger charge is 2.36. The van der Waals surface area contributed by atoms with Gasteiger partial charge in [-0.3, -0.25) is 0 Å². The van der Waals surface area contributed by atoms with Crippen molar-refractivity contribution >= 4 is 21.5 Å². The van der Waals surface area contributed by atoms with Crippen molar-refractivity contribution in [3.05, 3.63) is 204 Å². The normalized spacial score (nSPS) is 14.4. The molecule has 0 heteroatoms. The summed E-state index contributed by atoms with van der Waals surface area (Å²) in [7, 11) is 0. The summed E-state index contributed by atoms with van der Waals surface area (Å²) in [6.07, 6.45) is 0. The third-order valence-corrected chi connectivity index (χ3v) is 13.1. The highest BCUT2D eigenvalue weighted by atomic mass is 14.4. The third kappa shape index (κ3) is 4.72. The zero-order chi connectivity index (χ0) is 37.8. The van der Waals surface area contributed by atoms with Gasteiger partial charge in [0.2, 0.25) is 0 Å². The minimum Gasteiger partial charge on any atom is -0.0622 e. The van der Waals surface area contributed by atoms with Gasteiger partial charge in [-0.2, -0.15) is 0 Å². The van der Waals surface area contributed by atoms with E-state index in [2.05, 4.69) is 210 Å². The van der Waals surface area contributed by atoms with Crippen molar-refractivity contribution in [3.63, 3.8) is 0 Å². The molecule has 0 saturated carbocycles. The lowest BCUT2D eigenvalue weighted by atomic mass is 9.80. The van der Waals surface area contributed by atoms with E-state index in [1.807, 2.05) is 0 Å². The first-order valence-corrected chi connectivity index (χ1v) is 19.9. The minimum atomic E-state index is -0.0546. The molecule has 11 rings (SSSR count). The Labute approximate surface area is 329 Å². The topological polar surface area (TPSA) is 0 Å². The van der Waals surface area contributed by atoms with Crippen molar-refractivity contribution in [1.82, 2.24) is 0 Å². The Morgan fingerprint density at radius 1 is 0.250 bits per heavy atom. The van der Waals surface area contributed by atoms with Crippen molar-refractivity contribution in [2.45, 2.75) is 38.5 Å². The van der Waals surface area contributed by atoms with Crippen molar-refractivity contribution in [1.29, 1.82) is 0 Å². The Bertz CT molecular complexity index is 2840. The molecule has 0 saturated heterocycles. The Kier molecular flexibility index (Phi) is 7.05. The maximum Gasteiger partial charge on any atom is 0.0159 e. The predicted octanol–water partition coefficient (Wildman–Crippen LogP) is 15.3. The average molecular weight is 715 g/mol. The smallest absolute Gasteiger partial charge is 0.0159 e. The van der Waals surface area contributed by atoms with Crippen LogP contribution in [-0.4, -0.2) is 0 Å². The van der Waals surface area contributed by atoms with Crippen LogP contribution in [0.5, 0.6) is 0 Å². The summed E-state index contributed by atoms with van der Waals surface area (Å²) in [6, 6.07) is 68.4. The van der Waals surface area contributed by atoms with Gasteiger partial charge >= 0.3 is 0 Å². The molecule has 0 bridgehead atoms. The lowest BCUT2D eigenvalue weighted by Gasteiger charge is -2.23. The molecule has 56 heavy (non-hydrogen) atoms. The predicted molar refractivity (Wildman–Crippen MR) is 238 cm³/mol. The van der Waals surface area contributed by atoms with Crippen LogP contribution in [0.1, 0.15) is 49.9 Å². The van der Waals surface area contributed by atoms with Gasteiger partial charge in [-0.05, 0) is 135 Å². The molecule has 0 unspecified atom stereocenters. The number of rotatable bonds is 4. The second-order valence-electron chi connectivity index (χ2n) is 16.9. The van der Waals surface area contributed by atoms with E-state index in [0.29, 0.717) is 0 Å². The van der Waals surface area contributed by atoms with E-state index in [9.17, 15) is 0 Å². The summed E-state index contributed by atoms with van der Waals surface area (Å²) in [5.41, 5.74) is 20.9. The summed E-state index contributed by atoms with van der Waals surface area (Å²) in [4.78, 5) is 0. The Morgan fingerprint density at radius 3 is 1.02 bits per heavy atom. The summed E-state index contributed by atoms with van der Waals surface area (Å²) in [5, 5.41) is 5.08. The molecular formula is C56H42. The molecule has 0 nitrogen and oxygen atoms in total. The fourth-order valence-corrected chi connectivity index (χ4v) is 10.2. The highest BCUT2D eigenvalue weighted by Crippen LogP contribution is 2.52. The van der Waals surface area contributed by atoms with Gasteiger partial charge in [0.15, 0.2) is 0 Å².